The average Bonchev–Trinajstić information content (AvgIpc) is 3.79. The molecule has 7 aromatic carbocycles. The number of benzene rings is 7. The van der Waals surface area contributed by atoms with Crippen LogP contribution in [0.15, 0.2) is 186 Å². The van der Waals surface area contributed by atoms with Crippen LogP contribution in [0.1, 0.15) is 12.0 Å². The van der Waals surface area contributed by atoms with Crippen molar-refractivity contribution in [3.63, 3.8) is 0 Å². The number of hydrogen-bond donors (Lipinski definition) is 0. The second-order valence-corrected chi connectivity index (χ2v) is 13.2. The van der Waals surface area contributed by atoms with Gasteiger partial charge in [-0.2, -0.15) is 0 Å². The SMILES string of the molecule is C1=CC(N(c2ccc3ccc4nc(-c5ccccc5)oc4c3c2)c2ccc3c4ccccc4n(-c4ccccc4)c3c2)CC(c2ccccc2)=C1. The zero-order chi connectivity index (χ0) is 33.7. The first-order valence-corrected chi connectivity index (χ1v) is 17.5. The summed E-state index contributed by atoms with van der Waals surface area (Å²) in [5, 5.41) is 4.64. The predicted molar refractivity (Wildman–Crippen MR) is 212 cm³/mol. The van der Waals surface area contributed by atoms with E-state index in [0.717, 1.165) is 50.9 Å². The van der Waals surface area contributed by atoms with Crippen LogP contribution in [0.3, 0.4) is 0 Å². The molecule has 2 aromatic heterocycles. The lowest BCUT2D eigenvalue weighted by atomic mass is 9.92. The van der Waals surface area contributed by atoms with Gasteiger partial charge < -0.3 is 13.9 Å². The first-order valence-electron chi connectivity index (χ1n) is 17.5. The summed E-state index contributed by atoms with van der Waals surface area (Å²) < 4.78 is 8.92. The molecule has 4 nitrogen and oxygen atoms in total. The van der Waals surface area contributed by atoms with Gasteiger partial charge in [0, 0.05) is 38.8 Å². The second-order valence-electron chi connectivity index (χ2n) is 13.2. The van der Waals surface area contributed by atoms with Crippen LogP contribution in [0.2, 0.25) is 0 Å². The fourth-order valence-corrected chi connectivity index (χ4v) is 7.75. The van der Waals surface area contributed by atoms with Crippen LogP contribution in [0.4, 0.5) is 11.4 Å². The fraction of sp³-hybridized carbons (Fsp3) is 0.0426. The van der Waals surface area contributed by atoms with Gasteiger partial charge in [-0.3, -0.25) is 0 Å². The highest BCUT2D eigenvalue weighted by molar-refractivity contribution is 6.10. The summed E-state index contributed by atoms with van der Waals surface area (Å²) in [6, 6.07) is 58.2. The highest BCUT2D eigenvalue weighted by Gasteiger charge is 2.25. The Bertz CT molecular complexity index is 2770. The number of oxazole rings is 1. The van der Waals surface area contributed by atoms with Crippen molar-refractivity contribution in [2.75, 3.05) is 4.90 Å². The molecule has 1 aliphatic rings. The smallest absolute Gasteiger partial charge is 0.227 e. The van der Waals surface area contributed by atoms with Gasteiger partial charge in [0.25, 0.3) is 0 Å². The number of fused-ring (bicyclic) bond motifs is 6. The van der Waals surface area contributed by atoms with Crippen molar-refractivity contribution in [3.05, 3.63) is 188 Å². The molecule has 10 rings (SSSR count). The number of anilines is 2. The van der Waals surface area contributed by atoms with E-state index >= 15 is 0 Å². The Labute approximate surface area is 295 Å². The molecule has 1 atom stereocenters. The molecule has 2 heterocycles. The molecule has 0 N–H and O–H groups in total. The minimum Gasteiger partial charge on any atom is -0.435 e. The van der Waals surface area contributed by atoms with Crippen LogP contribution in [0.5, 0.6) is 0 Å². The molecular weight excluding hydrogens is 623 g/mol. The molecule has 0 amide bonds. The number of nitrogens with zero attached hydrogens (tertiary/aromatic N) is 3. The summed E-state index contributed by atoms with van der Waals surface area (Å²) in [7, 11) is 0. The van der Waals surface area contributed by atoms with Gasteiger partial charge in [-0.15, -0.1) is 0 Å². The van der Waals surface area contributed by atoms with Crippen molar-refractivity contribution >= 4 is 60.6 Å². The van der Waals surface area contributed by atoms with Gasteiger partial charge in [0.05, 0.1) is 17.1 Å². The van der Waals surface area contributed by atoms with E-state index < -0.39 is 0 Å². The van der Waals surface area contributed by atoms with Crippen LogP contribution < -0.4 is 4.90 Å². The molecule has 0 saturated carbocycles. The Kier molecular flexibility index (Phi) is 6.91. The molecule has 1 unspecified atom stereocenters. The molecule has 242 valence electrons. The molecule has 1 aliphatic carbocycles. The lowest BCUT2D eigenvalue weighted by Gasteiger charge is -2.34. The van der Waals surface area contributed by atoms with Gasteiger partial charge in [0.2, 0.25) is 5.89 Å². The predicted octanol–water partition coefficient (Wildman–Crippen LogP) is 12.3. The Morgan fingerprint density at radius 3 is 2.08 bits per heavy atom. The quantitative estimate of drug-likeness (QED) is 0.179. The van der Waals surface area contributed by atoms with E-state index in [9.17, 15) is 0 Å². The van der Waals surface area contributed by atoms with Crippen LogP contribution in [0.25, 0.3) is 66.4 Å². The minimum atomic E-state index is 0.0727. The molecule has 0 bridgehead atoms. The third-order valence-electron chi connectivity index (χ3n) is 10.1. The van der Waals surface area contributed by atoms with Gasteiger partial charge in [-0.05, 0) is 83.6 Å². The molecule has 9 aromatic rings. The number of para-hydroxylation sites is 2. The molecule has 4 heteroatoms. The standard InChI is InChI=1S/C47H33N3O/c1-4-13-32(14-5-1)35-17-12-20-37(29-35)49(38-25-23-33-24-28-43-46(42(33)30-38)51-47(48-43)34-15-6-2-7-16-34)39-26-27-41-40-21-10-11-22-44(40)50(45(41)31-39)36-18-8-3-9-19-36/h1-28,30-31,37H,29H2. The molecule has 0 fully saturated rings. The van der Waals surface area contributed by atoms with E-state index in [1.807, 2.05) is 30.3 Å². The lowest BCUT2D eigenvalue weighted by molar-refractivity contribution is 0.623. The molecule has 0 aliphatic heterocycles. The Balaban J connectivity index is 1.18. The molecule has 51 heavy (non-hydrogen) atoms. The monoisotopic (exact) mass is 655 g/mol. The maximum Gasteiger partial charge on any atom is 0.227 e. The summed E-state index contributed by atoms with van der Waals surface area (Å²) >= 11 is 0. The Hall–Kier alpha value is -6.65. The Morgan fingerprint density at radius 1 is 0.588 bits per heavy atom. The molecular formula is C47H33N3O. The summed E-state index contributed by atoms with van der Waals surface area (Å²) in [5.41, 5.74) is 10.9. The van der Waals surface area contributed by atoms with Crippen molar-refractivity contribution < 1.29 is 4.42 Å². The minimum absolute atomic E-state index is 0.0727. The van der Waals surface area contributed by atoms with Crippen molar-refractivity contribution in [3.8, 4) is 17.1 Å². The highest BCUT2D eigenvalue weighted by Crippen LogP contribution is 2.41. The maximum absolute atomic E-state index is 6.53. The second kappa shape index (κ2) is 12.0. The summed E-state index contributed by atoms with van der Waals surface area (Å²) in [5.74, 6) is 0.632. The van der Waals surface area contributed by atoms with Crippen LogP contribution >= 0.6 is 0 Å². The van der Waals surface area contributed by atoms with Crippen LogP contribution in [0, 0.1) is 0 Å². The third kappa shape index (κ3) is 5.03. The van der Waals surface area contributed by atoms with Gasteiger partial charge >= 0.3 is 0 Å². The van der Waals surface area contributed by atoms with Crippen LogP contribution in [-0.2, 0) is 0 Å². The maximum atomic E-state index is 6.53. The molecule has 0 saturated heterocycles. The van der Waals surface area contributed by atoms with Crippen LogP contribution in [-0.4, -0.2) is 15.6 Å². The van der Waals surface area contributed by atoms with Crippen molar-refractivity contribution in [2.24, 2.45) is 0 Å². The number of aromatic nitrogens is 2. The van der Waals surface area contributed by atoms with E-state index in [2.05, 4.69) is 161 Å². The topological polar surface area (TPSA) is 34.2 Å². The van der Waals surface area contributed by atoms with E-state index in [1.165, 1.54) is 32.9 Å². The number of rotatable bonds is 6. The zero-order valence-corrected chi connectivity index (χ0v) is 27.9. The number of hydrogen-bond acceptors (Lipinski definition) is 3. The van der Waals surface area contributed by atoms with E-state index in [0.29, 0.717) is 5.89 Å². The normalized spacial score (nSPS) is 14.4. The molecule has 0 spiro atoms. The first kappa shape index (κ1) is 29.3. The average molecular weight is 656 g/mol. The van der Waals surface area contributed by atoms with E-state index in [4.69, 9.17) is 9.40 Å². The largest absolute Gasteiger partial charge is 0.435 e. The lowest BCUT2D eigenvalue weighted by Crippen LogP contribution is -2.30. The first-order chi connectivity index (χ1) is 25.3. The van der Waals surface area contributed by atoms with E-state index in [-0.39, 0.29) is 6.04 Å². The van der Waals surface area contributed by atoms with Crippen molar-refractivity contribution in [1.29, 1.82) is 0 Å². The van der Waals surface area contributed by atoms with Gasteiger partial charge in [-0.25, -0.2) is 4.98 Å². The number of allylic oxidation sites excluding steroid dienone is 2. The van der Waals surface area contributed by atoms with E-state index in [1.54, 1.807) is 0 Å². The summed E-state index contributed by atoms with van der Waals surface area (Å²) in [6.07, 6.45) is 7.66. The Morgan fingerprint density at radius 2 is 1.25 bits per heavy atom. The van der Waals surface area contributed by atoms with Gasteiger partial charge in [-0.1, -0.05) is 121 Å². The highest BCUT2D eigenvalue weighted by atomic mass is 16.3. The van der Waals surface area contributed by atoms with Crippen molar-refractivity contribution in [2.45, 2.75) is 12.5 Å². The van der Waals surface area contributed by atoms with Gasteiger partial charge in [0.15, 0.2) is 5.58 Å². The fourth-order valence-electron chi connectivity index (χ4n) is 7.75. The third-order valence-corrected chi connectivity index (χ3v) is 10.1. The van der Waals surface area contributed by atoms with Crippen molar-refractivity contribution in [1.82, 2.24) is 9.55 Å². The summed E-state index contributed by atoms with van der Waals surface area (Å²) in [6.45, 7) is 0. The molecule has 0 radical (unpaired) electrons. The van der Waals surface area contributed by atoms with Gasteiger partial charge in [0.1, 0.15) is 5.52 Å². The zero-order valence-electron chi connectivity index (χ0n) is 27.9. The summed E-state index contributed by atoms with van der Waals surface area (Å²) in [4.78, 5) is 7.38.